The van der Waals surface area contributed by atoms with Crippen molar-refractivity contribution in [1.29, 1.82) is 0 Å². The molecule has 0 aliphatic carbocycles. The van der Waals surface area contributed by atoms with Crippen LogP contribution in [0.3, 0.4) is 0 Å². The van der Waals surface area contributed by atoms with Crippen LogP contribution in [0.4, 0.5) is 0 Å². The molecule has 1 aliphatic rings. The highest BCUT2D eigenvalue weighted by Crippen LogP contribution is 2.30. The van der Waals surface area contributed by atoms with Crippen molar-refractivity contribution in [2.75, 3.05) is 11.5 Å². The molecule has 1 aromatic carbocycles. The molecular weight excluding hydrogens is 386 g/mol. The fourth-order valence-electron chi connectivity index (χ4n) is 1.76. The number of halogens is 2. The average Bonchev–Trinajstić information content (AvgIpc) is 2.61. The monoisotopic (exact) mass is 395 g/mol. The van der Waals surface area contributed by atoms with E-state index in [0.29, 0.717) is 16.5 Å². The van der Waals surface area contributed by atoms with E-state index in [1.54, 1.807) is 12.1 Å². The van der Waals surface area contributed by atoms with Crippen LogP contribution in [0.5, 0.6) is 5.75 Å². The predicted octanol–water partition coefficient (Wildman–Crippen LogP) is 2.52. The minimum atomic E-state index is -2.92. The molecule has 0 spiro atoms. The number of hydrogen-bond donors (Lipinski definition) is 1. The number of rotatable bonds is 2. The quantitative estimate of drug-likeness (QED) is 0.781. The predicted molar refractivity (Wildman–Crippen MR) is 78.2 cm³/mol. The molecule has 0 saturated carbocycles. The van der Waals surface area contributed by atoms with Gasteiger partial charge in [-0.05, 0) is 34.5 Å². The summed E-state index contributed by atoms with van der Waals surface area (Å²) in [6, 6.07) is 3.26. The maximum absolute atomic E-state index is 11.3. The molecule has 0 bridgehead atoms. The summed E-state index contributed by atoms with van der Waals surface area (Å²) in [5.74, 6) is 0.394. The van der Waals surface area contributed by atoms with Gasteiger partial charge in [0.1, 0.15) is 5.75 Å². The molecule has 18 heavy (non-hydrogen) atoms. The Morgan fingerprint density at radius 2 is 2.11 bits per heavy atom. The Balaban J connectivity index is 2.20. The van der Waals surface area contributed by atoms with E-state index >= 15 is 0 Å². The van der Waals surface area contributed by atoms with Crippen LogP contribution in [0, 0.1) is 0 Å². The largest absolute Gasteiger partial charge is 0.506 e. The first-order valence-electron chi connectivity index (χ1n) is 5.29. The van der Waals surface area contributed by atoms with E-state index in [0.717, 1.165) is 4.47 Å². The first-order valence-corrected chi connectivity index (χ1v) is 8.70. The van der Waals surface area contributed by atoms with Gasteiger partial charge in [-0.2, -0.15) is 0 Å². The van der Waals surface area contributed by atoms with Crippen LogP contribution < -0.4 is 0 Å². The van der Waals surface area contributed by atoms with E-state index in [2.05, 4.69) is 36.9 Å². The lowest BCUT2D eigenvalue weighted by Crippen LogP contribution is -2.07. The third-order valence-corrected chi connectivity index (χ3v) is 5.50. The number of aliphatic imine (C=N–C) groups is 1. The third kappa shape index (κ3) is 3.33. The maximum atomic E-state index is 11.3. The van der Waals surface area contributed by atoms with Crippen LogP contribution in [-0.4, -0.2) is 37.3 Å². The Hall–Kier alpha value is -0.400. The van der Waals surface area contributed by atoms with Crippen molar-refractivity contribution in [3.63, 3.8) is 0 Å². The van der Waals surface area contributed by atoms with Gasteiger partial charge in [-0.15, -0.1) is 0 Å². The molecule has 1 aliphatic heterocycles. The lowest BCUT2D eigenvalue weighted by Gasteiger charge is -2.04. The molecule has 0 amide bonds. The zero-order chi connectivity index (χ0) is 13.3. The second kappa shape index (κ2) is 5.30. The van der Waals surface area contributed by atoms with E-state index in [-0.39, 0.29) is 23.3 Å². The highest BCUT2D eigenvalue weighted by molar-refractivity contribution is 9.11. The van der Waals surface area contributed by atoms with Crippen molar-refractivity contribution >= 4 is 47.9 Å². The normalized spacial score (nSPS) is 22.7. The first-order chi connectivity index (χ1) is 8.37. The first kappa shape index (κ1) is 14.0. The molecule has 0 radical (unpaired) electrons. The van der Waals surface area contributed by atoms with Crippen LogP contribution >= 0.6 is 31.9 Å². The average molecular weight is 397 g/mol. The van der Waals surface area contributed by atoms with Gasteiger partial charge in [0.05, 0.1) is 22.0 Å². The second-order valence-corrected chi connectivity index (χ2v) is 8.16. The molecule has 1 heterocycles. The van der Waals surface area contributed by atoms with Crippen molar-refractivity contribution < 1.29 is 13.5 Å². The minimum absolute atomic E-state index is 0.0967. The lowest BCUT2D eigenvalue weighted by molar-refractivity contribution is 0.471. The van der Waals surface area contributed by atoms with Gasteiger partial charge in [0.15, 0.2) is 9.84 Å². The van der Waals surface area contributed by atoms with E-state index in [9.17, 15) is 13.5 Å². The Morgan fingerprint density at radius 1 is 1.39 bits per heavy atom. The fourth-order valence-corrected chi connectivity index (χ4v) is 4.66. The number of sulfone groups is 1. The molecular formula is C11H11Br2NO3S. The van der Waals surface area contributed by atoms with E-state index in [1.807, 2.05) is 0 Å². The molecule has 0 unspecified atom stereocenters. The summed E-state index contributed by atoms with van der Waals surface area (Å²) in [4.78, 5) is 4.23. The minimum Gasteiger partial charge on any atom is -0.506 e. The number of hydrogen-bond acceptors (Lipinski definition) is 4. The van der Waals surface area contributed by atoms with Crippen molar-refractivity contribution in [1.82, 2.24) is 0 Å². The van der Waals surface area contributed by atoms with Crippen LogP contribution in [0.2, 0.25) is 0 Å². The van der Waals surface area contributed by atoms with Crippen LogP contribution in [-0.2, 0) is 9.84 Å². The summed E-state index contributed by atoms with van der Waals surface area (Å²) < 4.78 is 24.0. The molecule has 1 saturated heterocycles. The van der Waals surface area contributed by atoms with E-state index < -0.39 is 9.84 Å². The molecule has 2 rings (SSSR count). The molecule has 7 heteroatoms. The summed E-state index contributed by atoms with van der Waals surface area (Å²) in [5, 5.41) is 9.82. The van der Waals surface area contributed by atoms with Crippen LogP contribution in [0.25, 0.3) is 0 Å². The topological polar surface area (TPSA) is 66.7 Å². The number of phenols is 1. The van der Waals surface area contributed by atoms with Crippen molar-refractivity contribution in [2.45, 2.75) is 12.5 Å². The number of nitrogens with zero attached hydrogens (tertiary/aromatic N) is 1. The van der Waals surface area contributed by atoms with Crippen LogP contribution in [0.1, 0.15) is 12.0 Å². The summed E-state index contributed by atoms with van der Waals surface area (Å²) in [6.07, 6.45) is 2.07. The van der Waals surface area contributed by atoms with Gasteiger partial charge in [-0.1, -0.05) is 15.9 Å². The maximum Gasteiger partial charge on any atom is 0.152 e. The van der Waals surface area contributed by atoms with Gasteiger partial charge < -0.3 is 5.11 Å². The smallest absolute Gasteiger partial charge is 0.152 e. The molecule has 4 nitrogen and oxygen atoms in total. The summed E-state index contributed by atoms with van der Waals surface area (Å²) in [6.45, 7) is 0. The van der Waals surface area contributed by atoms with E-state index in [1.165, 1.54) is 6.21 Å². The SMILES string of the molecule is O=S1(=O)CC[C@@H](N=Cc2cc(Br)cc(Br)c2O)C1. The Morgan fingerprint density at radius 3 is 2.72 bits per heavy atom. The fraction of sp³-hybridized carbons (Fsp3) is 0.364. The Labute approximate surface area is 122 Å². The number of benzene rings is 1. The Kier molecular flexibility index (Phi) is 4.13. The summed E-state index contributed by atoms with van der Waals surface area (Å²) >= 11 is 6.55. The van der Waals surface area contributed by atoms with Gasteiger partial charge >= 0.3 is 0 Å². The molecule has 1 fully saturated rings. The summed E-state index contributed by atoms with van der Waals surface area (Å²) in [5.41, 5.74) is 0.556. The van der Waals surface area contributed by atoms with Gasteiger partial charge in [0, 0.05) is 16.3 Å². The zero-order valence-corrected chi connectivity index (χ0v) is 13.3. The van der Waals surface area contributed by atoms with Crippen molar-refractivity contribution in [3.05, 3.63) is 26.6 Å². The van der Waals surface area contributed by atoms with Gasteiger partial charge in [-0.25, -0.2) is 8.42 Å². The number of phenolic OH excluding ortho intramolecular Hbond substituents is 1. The third-order valence-electron chi connectivity index (χ3n) is 2.69. The summed E-state index contributed by atoms with van der Waals surface area (Å²) in [7, 11) is -2.92. The highest BCUT2D eigenvalue weighted by Gasteiger charge is 2.26. The molecule has 1 N–H and O–H groups in total. The zero-order valence-electron chi connectivity index (χ0n) is 9.31. The van der Waals surface area contributed by atoms with Crippen molar-refractivity contribution in [2.24, 2.45) is 4.99 Å². The second-order valence-electron chi connectivity index (χ2n) is 4.16. The molecule has 1 atom stereocenters. The molecule has 98 valence electrons. The van der Waals surface area contributed by atoms with Gasteiger partial charge in [0.25, 0.3) is 0 Å². The Bertz CT molecular complexity index is 599. The van der Waals surface area contributed by atoms with Gasteiger partial charge in [0.2, 0.25) is 0 Å². The highest BCUT2D eigenvalue weighted by atomic mass is 79.9. The van der Waals surface area contributed by atoms with Crippen molar-refractivity contribution in [3.8, 4) is 5.75 Å². The molecule has 0 aromatic heterocycles. The van der Waals surface area contributed by atoms with E-state index in [4.69, 9.17) is 0 Å². The van der Waals surface area contributed by atoms with Crippen LogP contribution in [0.15, 0.2) is 26.1 Å². The van der Waals surface area contributed by atoms with Gasteiger partial charge in [-0.3, -0.25) is 4.99 Å². The lowest BCUT2D eigenvalue weighted by atomic mass is 10.2. The number of aromatic hydroxyl groups is 1. The molecule has 1 aromatic rings. The standard InChI is InChI=1S/C11H11Br2NO3S/c12-8-3-7(11(15)10(13)4-8)5-14-9-1-2-18(16,17)6-9/h3-5,9,15H,1-2,6H2/t9-/m1/s1.